The van der Waals surface area contributed by atoms with Crippen LogP contribution in [0.2, 0.25) is 0 Å². The zero-order chi connectivity index (χ0) is 10.9. The van der Waals surface area contributed by atoms with Crippen molar-refractivity contribution < 1.29 is 8.78 Å². The van der Waals surface area contributed by atoms with Gasteiger partial charge < -0.3 is 5.32 Å². The molecule has 0 aromatic heterocycles. The quantitative estimate of drug-likeness (QED) is 0.753. The van der Waals surface area contributed by atoms with Gasteiger partial charge in [0.25, 0.3) is 5.92 Å². The second-order valence-corrected chi connectivity index (χ2v) is 4.24. The number of halogens is 2. The summed E-state index contributed by atoms with van der Waals surface area (Å²) in [6.07, 6.45) is -0.0990. The molecule has 0 amide bonds. The molecule has 1 aromatic rings. The van der Waals surface area contributed by atoms with E-state index in [1.807, 2.05) is 30.3 Å². The molecule has 3 heteroatoms. The van der Waals surface area contributed by atoms with Crippen LogP contribution in [0.4, 0.5) is 8.78 Å². The van der Waals surface area contributed by atoms with Crippen LogP contribution in [0.3, 0.4) is 0 Å². The van der Waals surface area contributed by atoms with Crippen molar-refractivity contribution in [2.45, 2.75) is 25.3 Å². The topological polar surface area (TPSA) is 12.0 Å². The molecule has 15 heavy (non-hydrogen) atoms. The van der Waals surface area contributed by atoms with Crippen molar-refractivity contribution in [2.75, 3.05) is 6.54 Å². The highest BCUT2D eigenvalue weighted by atomic mass is 19.3. The number of rotatable bonds is 1. The Bertz CT molecular complexity index is 324. The van der Waals surface area contributed by atoms with Crippen molar-refractivity contribution in [1.82, 2.24) is 5.32 Å². The highest BCUT2D eigenvalue weighted by Crippen LogP contribution is 2.37. The lowest BCUT2D eigenvalue weighted by atomic mass is 9.88. The Morgan fingerprint density at radius 3 is 2.53 bits per heavy atom. The molecule has 2 rings (SSSR count). The van der Waals surface area contributed by atoms with E-state index in [1.165, 1.54) is 0 Å². The van der Waals surface area contributed by atoms with Gasteiger partial charge in [-0.1, -0.05) is 37.3 Å². The Labute approximate surface area is 88.5 Å². The molecule has 1 aliphatic rings. The maximum absolute atomic E-state index is 13.5. The summed E-state index contributed by atoms with van der Waals surface area (Å²) in [6.45, 7) is 1.97. The Balaban J connectivity index is 2.14. The average molecular weight is 211 g/mol. The van der Waals surface area contributed by atoms with E-state index < -0.39 is 11.8 Å². The largest absolute Gasteiger partial charge is 0.309 e. The monoisotopic (exact) mass is 211 g/mol. The Hall–Kier alpha value is -0.960. The lowest BCUT2D eigenvalue weighted by molar-refractivity contribution is -0.0841. The van der Waals surface area contributed by atoms with Gasteiger partial charge >= 0.3 is 0 Å². The van der Waals surface area contributed by atoms with Gasteiger partial charge in [0.1, 0.15) is 0 Å². The van der Waals surface area contributed by atoms with Crippen molar-refractivity contribution in [3.05, 3.63) is 35.9 Å². The molecule has 0 bridgehead atoms. The lowest BCUT2D eigenvalue weighted by Gasteiger charge is -2.35. The molecule has 1 aromatic carbocycles. The fraction of sp³-hybridized carbons (Fsp3) is 0.500. The second kappa shape index (κ2) is 3.89. The third-order valence-electron chi connectivity index (χ3n) is 3.07. The molecular formula is C12H15F2N. The predicted molar refractivity (Wildman–Crippen MR) is 55.9 cm³/mol. The molecule has 0 radical (unpaired) electrons. The average Bonchev–Trinajstić information content (AvgIpc) is 2.23. The van der Waals surface area contributed by atoms with Gasteiger partial charge in [-0.2, -0.15) is 0 Å². The van der Waals surface area contributed by atoms with Crippen molar-refractivity contribution >= 4 is 0 Å². The Kier molecular flexibility index (Phi) is 2.74. The van der Waals surface area contributed by atoms with E-state index in [1.54, 1.807) is 6.92 Å². The van der Waals surface area contributed by atoms with Crippen molar-refractivity contribution in [2.24, 2.45) is 5.92 Å². The summed E-state index contributed by atoms with van der Waals surface area (Å²) in [6, 6.07) is 9.23. The van der Waals surface area contributed by atoms with Crippen molar-refractivity contribution in [3.8, 4) is 0 Å². The van der Waals surface area contributed by atoms with Gasteiger partial charge in [-0.15, -0.1) is 0 Å². The molecule has 82 valence electrons. The molecule has 1 N–H and O–H groups in total. The van der Waals surface area contributed by atoms with Crippen LogP contribution in [-0.2, 0) is 0 Å². The van der Waals surface area contributed by atoms with Crippen LogP contribution in [-0.4, -0.2) is 12.5 Å². The van der Waals surface area contributed by atoms with E-state index >= 15 is 0 Å². The third kappa shape index (κ3) is 2.17. The normalized spacial score (nSPS) is 30.1. The number of hydrogen-bond acceptors (Lipinski definition) is 1. The summed E-state index contributed by atoms with van der Waals surface area (Å²) >= 11 is 0. The fourth-order valence-corrected chi connectivity index (χ4v) is 1.93. The highest BCUT2D eigenvalue weighted by Gasteiger charge is 2.42. The van der Waals surface area contributed by atoms with E-state index in [0.717, 1.165) is 5.56 Å². The number of alkyl halides is 2. The van der Waals surface area contributed by atoms with Gasteiger partial charge in [0.15, 0.2) is 0 Å². The summed E-state index contributed by atoms with van der Waals surface area (Å²) in [5, 5.41) is 3.16. The highest BCUT2D eigenvalue weighted by molar-refractivity contribution is 5.20. The third-order valence-corrected chi connectivity index (χ3v) is 3.07. The molecule has 0 spiro atoms. The van der Waals surface area contributed by atoms with Gasteiger partial charge in [0.05, 0.1) is 0 Å². The summed E-state index contributed by atoms with van der Waals surface area (Å²) in [5.74, 6) is -3.12. The minimum atomic E-state index is -2.55. The minimum Gasteiger partial charge on any atom is -0.309 e. The summed E-state index contributed by atoms with van der Waals surface area (Å²) in [5.41, 5.74) is 0.948. The van der Waals surface area contributed by atoms with E-state index in [2.05, 4.69) is 5.32 Å². The Morgan fingerprint density at radius 1 is 1.27 bits per heavy atom. The molecule has 0 saturated carbocycles. The molecule has 1 saturated heterocycles. The van der Waals surface area contributed by atoms with Crippen molar-refractivity contribution in [1.29, 1.82) is 0 Å². The van der Waals surface area contributed by atoms with Crippen molar-refractivity contribution in [3.63, 3.8) is 0 Å². The summed E-state index contributed by atoms with van der Waals surface area (Å²) in [7, 11) is 0. The van der Waals surface area contributed by atoms with Crippen LogP contribution in [0.25, 0.3) is 0 Å². The molecule has 1 aliphatic heterocycles. The van der Waals surface area contributed by atoms with Gasteiger partial charge in [-0.05, 0) is 5.56 Å². The first-order valence-corrected chi connectivity index (χ1v) is 5.26. The maximum atomic E-state index is 13.5. The van der Waals surface area contributed by atoms with E-state index in [9.17, 15) is 8.78 Å². The van der Waals surface area contributed by atoms with E-state index in [-0.39, 0.29) is 12.5 Å². The molecule has 1 heterocycles. The molecule has 1 nitrogen and oxygen atoms in total. The summed E-state index contributed by atoms with van der Waals surface area (Å²) in [4.78, 5) is 0. The van der Waals surface area contributed by atoms with Crippen LogP contribution >= 0.6 is 0 Å². The van der Waals surface area contributed by atoms with Gasteiger partial charge in [-0.25, -0.2) is 8.78 Å². The first kappa shape index (κ1) is 10.6. The lowest BCUT2D eigenvalue weighted by Crippen LogP contribution is -2.44. The number of hydrogen-bond donors (Lipinski definition) is 1. The second-order valence-electron chi connectivity index (χ2n) is 4.24. The maximum Gasteiger partial charge on any atom is 0.253 e. The van der Waals surface area contributed by atoms with Crippen LogP contribution in [0.5, 0.6) is 0 Å². The van der Waals surface area contributed by atoms with Crippen LogP contribution in [0.15, 0.2) is 30.3 Å². The van der Waals surface area contributed by atoms with Crippen LogP contribution in [0.1, 0.15) is 24.9 Å². The summed E-state index contributed by atoms with van der Waals surface area (Å²) < 4.78 is 27.0. The molecule has 1 fully saturated rings. The van der Waals surface area contributed by atoms with E-state index in [0.29, 0.717) is 6.54 Å². The van der Waals surface area contributed by atoms with Gasteiger partial charge in [-0.3, -0.25) is 0 Å². The molecule has 0 aliphatic carbocycles. The standard InChI is InChI=1S/C12H15F2N/c1-9-8-15-11(7-12(9,13)14)10-5-3-2-4-6-10/h2-6,9,11,15H,7-8H2,1H3/t9-,11-/m0/s1. The first-order valence-electron chi connectivity index (χ1n) is 5.26. The number of piperidine rings is 1. The van der Waals surface area contributed by atoms with E-state index in [4.69, 9.17) is 0 Å². The molecule has 2 atom stereocenters. The number of benzene rings is 1. The predicted octanol–water partition coefficient (Wildman–Crippen LogP) is 2.99. The van der Waals surface area contributed by atoms with Crippen LogP contribution < -0.4 is 5.32 Å². The van der Waals surface area contributed by atoms with Gasteiger partial charge in [0.2, 0.25) is 0 Å². The fourth-order valence-electron chi connectivity index (χ4n) is 1.93. The molecule has 0 unspecified atom stereocenters. The SMILES string of the molecule is C[C@H]1CN[C@H](c2ccccc2)CC1(F)F. The number of nitrogens with one attached hydrogen (secondary N) is 1. The smallest absolute Gasteiger partial charge is 0.253 e. The Morgan fingerprint density at radius 2 is 1.93 bits per heavy atom. The van der Waals surface area contributed by atoms with Crippen LogP contribution in [0, 0.1) is 5.92 Å². The zero-order valence-corrected chi connectivity index (χ0v) is 8.71. The molecular weight excluding hydrogens is 196 g/mol. The first-order chi connectivity index (χ1) is 7.09. The minimum absolute atomic E-state index is 0.0990. The van der Waals surface area contributed by atoms with Gasteiger partial charge in [0, 0.05) is 24.9 Å². The zero-order valence-electron chi connectivity index (χ0n) is 8.71.